The highest BCUT2D eigenvalue weighted by atomic mass is 16.5. The van der Waals surface area contributed by atoms with Gasteiger partial charge in [0.15, 0.2) is 5.78 Å². The third-order valence-electron chi connectivity index (χ3n) is 5.32. The van der Waals surface area contributed by atoms with Gasteiger partial charge in [-0.15, -0.1) is 10.2 Å². The molecule has 2 aromatic rings. The third-order valence-corrected chi connectivity index (χ3v) is 5.32. The van der Waals surface area contributed by atoms with E-state index in [2.05, 4.69) is 15.5 Å². The standard InChI is InChI=1S/C21H23N3O3/c1-2-16(25)5-3-13-4-6-17(19(26)9-13)18-7-8-21(24-23-18)27-20-11-15-10-14(20)12-22-15/h3-9,14-15,20,22,26H,2,10-12H2,1H3/b5-3+/t14-,15-,20+/m0/s1. The highest BCUT2D eigenvalue weighted by Crippen LogP contribution is 2.34. The normalized spacial score (nSPS) is 23.8. The van der Waals surface area contributed by atoms with Crippen LogP contribution in [0.2, 0.25) is 0 Å². The summed E-state index contributed by atoms with van der Waals surface area (Å²) in [6.45, 7) is 2.83. The minimum absolute atomic E-state index is 0.0475. The first kappa shape index (κ1) is 17.7. The van der Waals surface area contributed by atoms with Gasteiger partial charge in [-0.2, -0.15) is 0 Å². The van der Waals surface area contributed by atoms with Crippen LogP contribution in [0.1, 0.15) is 31.7 Å². The predicted octanol–water partition coefficient (Wildman–Crippen LogP) is 2.97. The molecule has 27 heavy (non-hydrogen) atoms. The first-order valence-corrected chi connectivity index (χ1v) is 9.40. The monoisotopic (exact) mass is 365 g/mol. The Balaban J connectivity index is 1.45. The molecule has 2 aliphatic rings. The fourth-order valence-corrected chi connectivity index (χ4v) is 3.79. The molecule has 1 aliphatic carbocycles. The zero-order valence-electron chi connectivity index (χ0n) is 15.3. The quantitative estimate of drug-likeness (QED) is 0.766. The lowest BCUT2D eigenvalue weighted by Gasteiger charge is -2.22. The number of aromatic nitrogens is 2. The number of phenols is 1. The van der Waals surface area contributed by atoms with Crippen molar-refractivity contribution in [2.75, 3.05) is 6.54 Å². The Hall–Kier alpha value is -2.73. The number of rotatable bonds is 6. The van der Waals surface area contributed by atoms with Crippen LogP contribution in [0.15, 0.2) is 36.4 Å². The van der Waals surface area contributed by atoms with Crippen molar-refractivity contribution in [3.05, 3.63) is 42.0 Å². The van der Waals surface area contributed by atoms with E-state index in [4.69, 9.17) is 4.74 Å². The lowest BCUT2D eigenvalue weighted by molar-refractivity contribution is -0.114. The molecular formula is C21H23N3O3. The lowest BCUT2D eigenvalue weighted by Crippen LogP contribution is -2.35. The van der Waals surface area contributed by atoms with Crippen molar-refractivity contribution in [2.24, 2.45) is 5.92 Å². The highest BCUT2D eigenvalue weighted by Gasteiger charge is 2.41. The molecular weight excluding hydrogens is 342 g/mol. The summed E-state index contributed by atoms with van der Waals surface area (Å²) in [7, 11) is 0. The van der Waals surface area contributed by atoms with E-state index in [0.717, 1.165) is 18.5 Å². The third kappa shape index (κ3) is 3.85. The van der Waals surface area contributed by atoms with E-state index < -0.39 is 0 Å². The Bertz CT molecular complexity index is 863. The number of allylic oxidation sites excluding steroid dienone is 1. The summed E-state index contributed by atoms with van der Waals surface area (Å²) in [5.41, 5.74) is 1.93. The number of benzene rings is 1. The molecule has 1 aromatic heterocycles. The summed E-state index contributed by atoms with van der Waals surface area (Å²) in [5.74, 6) is 1.23. The fourth-order valence-electron chi connectivity index (χ4n) is 3.79. The van der Waals surface area contributed by atoms with Crippen molar-refractivity contribution in [3.8, 4) is 22.9 Å². The van der Waals surface area contributed by atoms with E-state index >= 15 is 0 Å². The van der Waals surface area contributed by atoms with Crippen LogP contribution in [-0.4, -0.2) is 39.8 Å². The zero-order chi connectivity index (χ0) is 18.8. The van der Waals surface area contributed by atoms with E-state index in [-0.39, 0.29) is 17.6 Å². The molecule has 3 atom stereocenters. The molecule has 2 heterocycles. The van der Waals surface area contributed by atoms with Crippen LogP contribution in [0.3, 0.4) is 0 Å². The molecule has 0 unspecified atom stereocenters. The van der Waals surface area contributed by atoms with Gasteiger partial charge in [0.25, 0.3) is 0 Å². The van der Waals surface area contributed by atoms with Gasteiger partial charge in [-0.05, 0) is 36.3 Å². The molecule has 6 heteroatoms. The minimum atomic E-state index is 0.0475. The molecule has 2 N–H and O–H groups in total. The number of carbonyl (C=O) groups excluding carboxylic acids is 1. The van der Waals surface area contributed by atoms with Crippen LogP contribution in [-0.2, 0) is 4.79 Å². The van der Waals surface area contributed by atoms with E-state index in [1.807, 2.05) is 13.0 Å². The van der Waals surface area contributed by atoms with Crippen molar-refractivity contribution in [1.29, 1.82) is 0 Å². The van der Waals surface area contributed by atoms with E-state index in [1.165, 1.54) is 12.5 Å². The van der Waals surface area contributed by atoms with Crippen LogP contribution in [0.4, 0.5) is 0 Å². The minimum Gasteiger partial charge on any atom is -0.507 e. The molecule has 0 radical (unpaired) electrons. The molecule has 0 spiro atoms. The maximum absolute atomic E-state index is 11.4. The van der Waals surface area contributed by atoms with E-state index in [0.29, 0.717) is 35.5 Å². The molecule has 1 aliphatic heterocycles. The first-order valence-electron chi connectivity index (χ1n) is 9.40. The number of carbonyl (C=O) groups is 1. The van der Waals surface area contributed by atoms with Crippen LogP contribution in [0.5, 0.6) is 11.6 Å². The van der Waals surface area contributed by atoms with Crippen molar-refractivity contribution in [1.82, 2.24) is 15.5 Å². The Morgan fingerprint density at radius 2 is 2.19 bits per heavy atom. The number of ether oxygens (including phenoxy) is 1. The van der Waals surface area contributed by atoms with E-state index in [9.17, 15) is 9.90 Å². The van der Waals surface area contributed by atoms with E-state index in [1.54, 1.807) is 30.3 Å². The SMILES string of the molecule is CCC(=O)/C=C/c1ccc(-c2ccc(O[C@@H]3C[C@@H]4C[C@H]3CN4)nn2)c(O)c1. The Labute approximate surface area is 158 Å². The number of nitrogens with one attached hydrogen (secondary N) is 1. The Kier molecular flexibility index (Phi) is 4.90. The average Bonchev–Trinajstić information content (AvgIpc) is 3.30. The Morgan fingerprint density at radius 3 is 2.81 bits per heavy atom. The number of piperidine rings is 1. The molecule has 4 rings (SSSR count). The van der Waals surface area contributed by atoms with Crippen LogP contribution < -0.4 is 10.1 Å². The number of nitrogens with zero attached hydrogens (tertiary/aromatic N) is 2. The smallest absolute Gasteiger partial charge is 0.233 e. The number of fused-ring (bicyclic) bond motifs is 2. The van der Waals surface area contributed by atoms with Gasteiger partial charge in [0.1, 0.15) is 11.9 Å². The lowest BCUT2D eigenvalue weighted by atomic mass is 10.1. The molecule has 6 nitrogen and oxygen atoms in total. The van der Waals surface area contributed by atoms with Gasteiger partial charge in [0.05, 0.1) is 5.69 Å². The summed E-state index contributed by atoms with van der Waals surface area (Å²) >= 11 is 0. The van der Waals surface area contributed by atoms with Crippen molar-refractivity contribution in [3.63, 3.8) is 0 Å². The number of aromatic hydroxyl groups is 1. The van der Waals surface area contributed by atoms with Crippen LogP contribution >= 0.6 is 0 Å². The van der Waals surface area contributed by atoms with Crippen LogP contribution in [0, 0.1) is 5.92 Å². The maximum Gasteiger partial charge on any atom is 0.233 e. The molecule has 140 valence electrons. The summed E-state index contributed by atoms with van der Waals surface area (Å²) in [4.78, 5) is 11.4. The van der Waals surface area contributed by atoms with Gasteiger partial charge < -0.3 is 15.2 Å². The first-order chi connectivity index (χ1) is 13.1. The summed E-state index contributed by atoms with van der Waals surface area (Å²) in [5, 5.41) is 22.2. The summed E-state index contributed by atoms with van der Waals surface area (Å²) in [6, 6.07) is 9.40. The Morgan fingerprint density at radius 1 is 1.30 bits per heavy atom. The zero-order valence-corrected chi connectivity index (χ0v) is 15.3. The predicted molar refractivity (Wildman–Crippen MR) is 102 cm³/mol. The summed E-state index contributed by atoms with van der Waals surface area (Å²) in [6.07, 6.45) is 6.08. The second-order valence-corrected chi connectivity index (χ2v) is 7.18. The molecule has 2 fully saturated rings. The fraction of sp³-hybridized carbons (Fsp3) is 0.381. The van der Waals surface area contributed by atoms with Crippen molar-refractivity contribution >= 4 is 11.9 Å². The van der Waals surface area contributed by atoms with Crippen LogP contribution in [0.25, 0.3) is 17.3 Å². The topological polar surface area (TPSA) is 84.3 Å². The van der Waals surface area contributed by atoms with Gasteiger partial charge in [0.2, 0.25) is 5.88 Å². The molecule has 0 amide bonds. The molecule has 1 saturated carbocycles. The maximum atomic E-state index is 11.4. The van der Waals surface area contributed by atoms with Crippen molar-refractivity contribution in [2.45, 2.75) is 38.3 Å². The molecule has 2 bridgehead atoms. The second-order valence-electron chi connectivity index (χ2n) is 7.18. The number of ketones is 1. The second kappa shape index (κ2) is 7.48. The van der Waals surface area contributed by atoms with Gasteiger partial charge >= 0.3 is 0 Å². The number of phenolic OH excluding ortho intramolecular Hbond substituents is 1. The molecule has 1 saturated heterocycles. The highest BCUT2D eigenvalue weighted by molar-refractivity contribution is 5.93. The average molecular weight is 365 g/mol. The van der Waals surface area contributed by atoms with Gasteiger partial charge in [-0.3, -0.25) is 4.79 Å². The van der Waals surface area contributed by atoms with Gasteiger partial charge in [0, 0.05) is 43.0 Å². The van der Waals surface area contributed by atoms with Gasteiger partial charge in [-0.1, -0.05) is 19.1 Å². The number of hydrogen-bond acceptors (Lipinski definition) is 6. The number of hydrogen-bond donors (Lipinski definition) is 2. The van der Waals surface area contributed by atoms with Crippen molar-refractivity contribution < 1.29 is 14.6 Å². The van der Waals surface area contributed by atoms with Gasteiger partial charge in [-0.25, -0.2) is 0 Å². The summed E-state index contributed by atoms with van der Waals surface area (Å²) < 4.78 is 6.00. The molecule has 1 aromatic carbocycles. The largest absolute Gasteiger partial charge is 0.507 e.